The number of hydrogen-bond acceptors (Lipinski definition) is 3. The van der Waals surface area contributed by atoms with Crippen molar-refractivity contribution in [3.8, 4) is 5.75 Å². The molecule has 2 aromatic rings. The van der Waals surface area contributed by atoms with Gasteiger partial charge < -0.3 is 9.84 Å². The Morgan fingerprint density at radius 2 is 2.22 bits per heavy atom. The third-order valence-corrected chi connectivity index (χ3v) is 3.04. The van der Waals surface area contributed by atoms with E-state index in [-0.39, 0.29) is 0 Å². The fourth-order valence-electron chi connectivity index (χ4n) is 1.79. The first kappa shape index (κ1) is 12.9. The second-order valence-electron chi connectivity index (χ2n) is 3.97. The van der Waals surface area contributed by atoms with Gasteiger partial charge in [-0.05, 0) is 23.8 Å². The molecule has 94 valence electrons. The SMILES string of the molecule is COc1cccc(CC(O)c2ccncc2Cl)c1. The summed E-state index contributed by atoms with van der Waals surface area (Å²) in [4.78, 5) is 3.90. The summed E-state index contributed by atoms with van der Waals surface area (Å²) in [7, 11) is 1.62. The number of rotatable bonds is 4. The predicted octanol–water partition coefficient (Wildman–Crippen LogP) is 3.02. The fourth-order valence-corrected chi connectivity index (χ4v) is 2.03. The maximum atomic E-state index is 10.2. The molecule has 0 saturated heterocycles. The van der Waals surface area contributed by atoms with Crippen LogP contribution in [0.5, 0.6) is 5.75 Å². The minimum atomic E-state index is -0.646. The third-order valence-electron chi connectivity index (χ3n) is 2.73. The highest BCUT2D eigenvalue weighted by Crippen LogP contribution is 2.25. The quantitative estimate of drug-likeness (QED) is 0.922. The van der Waals surface area contributed by atoms with E-state index in [2.05, 4.69) is 4.98 Å². The molecule has 0 bridgehead atoms. The van der Waals surface area contributed by atoms with Gasteiger partial charge in [-0.2, -0.15) is 0 Å². The number of nitrogens with zero attached hydrogens (tertiary/aromatic N) is 1. The lowest BCUT2D eigenvalue weighted by Crippen LogP contribution is -2.03. The molecule has 1 aromatic carbocycles. The van der Waals surface area contributed by atoms with Crippen LogP contribution in [0.1, 0.15) is 17.2 Å². The van der Waals surface area contributed by atoms with Crippen molar-refractivity contribution < 1.29 is 9.84 Å². The topological polar surface area (TPSA) is 42.4 Å². The maximum absolute atomic E-state index is 10.2. The zero-order chi connectivity index (χ0) is 13.0. The number of halogens is 1. The van der Waals surface area contributed by atoms with Gasteiger partial charge in [-0.25, -0.2) is 0 Å². The number of ether oxygens (including phenoxy) is 1. The lowest BCUT2D eigenvalue weighted by atomic mass is 10.0. The smallest absolute Gasteiger partial charge is 0.119 e. The van der Waals surface area contributed by atoms with Gasteiger partial charge in [-0.1, -0.05) is 23.7 Å². The maximum Gasteiger partial charge on any atom is 0.119 e. The van der Waals surface area contributed by atoms with Crippen LogP contribution in [0.25, 0.3) is 0 Å². The summed E-state index contributed by atoms with van der Waals surface area (Å²) in [6.07, 6.45) is 3.00. The van der Waals surface area contributed by atoms with Gasteiger partial charge in [0.25, 0.3) is 0 Å². The van der Waals surface area contributed by atoms with E-state index in [4.69, 9.17) is 16.3 Å². The van der Waals surface area contributed by atoms with Crippen LogP contribution in [0.4, 0.5) is 0 Å². The van der Waals surface area contributed by atoms with E-state index in [9.17, 15) is 5.11 Å². The van der Waals surface area contributed by atoms with E-state index in [1.807, 2.05) is 24.3 Å². The van der Waals surface area contributed by atoms with Crippen molar-refractivity contribution in [2.45, 2.75) is 12.5 Å². The normalized spacial score (nSPS) is 12.2. The van der Waals surface area contributed by atoms with Gasteiger partial charge in [-0.15, -0.1) is 0 Å². The van der Waals surface area contributed by atoms with E-state index >= 15 is 0 Å². The fraction of sp³-hybridized carbons (Fsp3) is 0.214. The molecule has 18 heavy (non-hydrogen) atoms. The Labute approximate surface area is 111 Å². The monoisotopic (exact) mass is 263 g/mol. The summed E-state index contributed by atoms with van der Waals surface area (Å²) < 4.78 is 5.15. The van der Waals surface area contributed by atoms with E-state index < -0.39 is 6.10 Å². The molecule has 0 amide bonds. The highest BCUT2D eigenvalue weighted by molar-refractivity contribution is 6.31. The summed E-state index contributed by atoms with van der Waals surface area (Å²) >= 11 is 6.00. The van der Waals surface area contributed by atoms with Crippen molar-refractivity contribution in [2.75, 3.05) is 7.11 Å². The highest BCUT2D eigenvalue weighted by atomic mass is 35.5. The van der Waals surface area contributed by atoms with Crippen LogP contribution in [0.15, 0.2) is 42.7 Å². The molecule has 0 aliphatic heterocycles. The van der Waals surface area contributed by atoms with Crippen LogP contribution in [0, 0.1) is 0 Å². The second kappa shape index (κ2) is 5.85. The van der Waals surface area contributed by atoms with Gasteiger partial charge >= 0.3 is 0 Å². The van der Waals surface area contributed by atoms with E-state index in [0.29, 0.717) is 17.0 Å². The Morgan fingerprint density at radius 1 is 1.39 bits per heavy atom. The van der Waals surface area contributed by atoms with Crippen LogP contribution >= 0.6 is 11.6 Å². The molecule has 0 aliphatic carbocycles. The number of pyridine rings is 1. The van der Waals surface area contributed by atoms with Crippen molar-refractivity contribution in [3.05, 3.63) is 58.9 Å². The van der Waals surface area contributed by atoms with Crippen LogP contribution in [0.2, 0.25) is 5.02 Å². The van der Waals surface area contributed by atoms with E-state index in [1.165, 1.54) is 6.20 Å². The molecule has 4 heteroatoms. The van der Waals surface area contributed by atoms with Crippen molar-refractivity contribution >= 4 is 11.6 Å². The first-order valence-electron chi connectivity index (χ1n) is 5.61. The number of aliphatic hydroxyl groups is 1. The van der Waals surface area contributed by atoms with Crippen molar-refractivity contribution in [3.63, 3.8) is 0 Å². The molecular formula is C14H14ClNO2. The minimum Gasteiger partial charge on any atom is -0.497 e. The molecule has 1 aromatic heterocycles. The summed E-state index contributed by atoms with van der Waals surface area (Å²) in [6, 6.07) is 9.34. The molecule has 0 aliphatic rings. The summed E-state index contributed by atoms with van der Waals surface area (Å²) in [6.45, 7) is 0. The van der Waals surface area contributed by atoms with Gasteiger partial charge in [-0.3, -0.25) is 4.98 Å². The molecule has 0 saturated carbocycles. The largest absolute Gasteiger partial charge is 0.497 e. The Morgan fingerprint density at radius 3 is 2.94 bits per heavy atom. The summed E-state index contributed by atoms with van der Waals surface area (Å²) in [5.74, 6) is 0.778. The van der Waals surface area contributed by atoms with Gasteiger partial charge in [0.2, 0.25) is 0 Å². The second-order valence-corrected chi connectivity index (χ2v) is 4.38. The highest BCUT2D eigenvalue weighted by Gasteiger charge is 2.12. The van der Waals surface area contributed by atoms with E-state index in [1.54, 1.807) is 19.4 Å². The average molecular weight is 264 g/mol. The molecule has 2 rings (SSSR count). The molecular weight excluding hydrogens is 250 g/mol. The van der Waals surface area contributed by atoms with Gasteiger partial charge in [0, 0.05) is 24.4 Å². The molecule has 1 heterocycles. The third kappa shape index (κ3) is 3.00. The first-order chi connectivity index (χ1) is 8.70. The van der Waals surface area contributed by atoms with Crippen LogP contribution in [0.3, 0.4) is 0 Å². The number of methoxy groups -OCH3 is 1. The van der Waals surface area contributed by atoms with Crippen molar-refractivity contribution in [2.24, 2.45) is 0 Å². The zero-order valence-electron chi connectivity index (χ0n) is 10.0. The number of aromatic nitrogens is 1. The number of aliphatic hydroxyl groups excluding tert-OH is 1. The van der Waals surface area contributed by atoms with Crippen molar-refractivity contribution in [1.29, 1.82) is 0 Å². The molecule has 0 fully saturated rings. The van der Waals surface area contributed by atoms with Gasteiger partial charge in [0.1, 0.15) is 5.75 Å². The van der Waals surface area contributed by atoms with Gasteiger partial charge in [0.05, 0.1) is 18.2 Å². The number of hydrogen-bond donors (Lipinski definition) is 1. The lowest BCUT2D eigenvalue weighted by molar-refractivity contribution is 0.178. The van der Waals surface area contributed by atoms with Crippen molar-refractivity contribution in [1.82, 2.24) is 4.98 Å². The minimum absolute atomic E-state index is 0.480. The lowest BCUT2D eigenvalue weighted by Gasteiger charge is -2.12. The Hall–Kier alpha value is -1.58. The van der Waals surface area contributed by atoms with Crippen LogP contribution in [-0.2, 0) is 6.42 Å². The van der Waals surface area contributed by atoms with Crippen LogP contribution < -0.4 is 4.74 Å². The molecule has 3 nitrogen and oxygen atoms in total. The zero-order valence-corrected chi connectivity index (χ0v) is 10.8. The Bertz CT molecular complexity index is 531. The first-order valence-corrected chi connectivity index (χ1v) is 5.99. The standard InChI is InChI=1S/C14H14ClNO2/c1-18-11-4-2-3-10(7-11)8-14(17)12-5-6-16-9-13(12)15/h2-7,9,14,17H,8H2,1H3. The Kier molecular flexibility index (Phi) is 4.18. The van der Waals surface area contributed by atoms with Crippen LogP contribution in [-0.4, -0.2) is 17.2 Å². The number of benzene rings is 1. The predicted molar refractivity (Wildman–Crippen MR) is 70.9 cm³/mol. The molecule has 1 N–H and O–H groups in total. The Balaban J connectivity index is 2.16. The summed E-state index contributed by atoms with van der Waals surface area (Å²) in [5.41, 5.74) is 1.68. The molecule has 0 spiro atoms. The molecule has 0 radical (unpaired) electrons. The molecule has 1 atom stereocenters. The van der Waals surface area contributed by atoms with Gasteiger partial charge in [0.15, 0.2) is 0 Å². The summed E-state index contributed by atoms with van der Waals surface area (Å²) in [5, 5.41) is 10.6. The average Bonchev–Trinajstić information content (AvgIpc) is 2.39. The molecule has 1 unspecified atom stereocenters. The van der Waals surface area contributed by atoms with E-state index in [0.717, 1.165) is 11.3 Å².